The summed E-state index contributed by atoms with van der Waals surface area (Å²) in [4.78, 5) is 14.9. The van der Waals surface area contributed by atoms with Crippen molar-refractivity contribution < 1.29 is 11.0 Å². The first kappa shape index (κ1) is 30.8. The number of carbonyl (C=O) groups is 1. The summed E-state index contributed by atoms with van der Waals surface area (Å²) in [5, 5.41) is 2.90. The van der Waals surface area contributed by atoms with E-state index in [1.807, 2.05) is 77.9 Å². The molecule has 1 aliphatic heterocycles. The molecule has 3 N–H and O–H groups in total. The molecule has 0 atom stereocenters. The Morgan fingerprint density at radius 1 is 1.06 bits per heavy atom. The van der Waals surface area contributed by atoms with Crippen LogP contribution in [0.5, 0.6) is 5.75 Å². The molecule has 0 saturated carbocycles. The highest BCUT2D eigenvalue weighted by Gasteiger charge is 2.11. The second kappa shape index (κ2) is 20.4. The van der Waals surface area contributed by atoms with Crippen LogP contribution in [0.25, 0.3) is 0 Å². The normalized spacial score (nSPS) is 11.9. The van der Waals surface area contributed by atoms with E-state index in [1.165, 1.54) is 32.1 Å². The van der Waals surface area contributed by atoms with Crippen molar-refractivity contribution in [3.8, 4) is 17.6 Å². The van der Waals surface area contributed by atoms with Crippen molar-refractivity contribution in [3.63, 3.8) is 0 Å². The third-order valence-corrected chi connectivity index (χ3v) is 4.51. The third kappa shape index (κ3) is 12.1. The van der Waals surface area contributed by atoms with Gasteiger partial charge >= 0.3 is 0 Å². The monoisotopic (exact) mass is 469 g/mol. The summed E-state index contributed by atoms with van der Waals surface area (Å²) >= 11 is 0. The Hall–Kier alpha value is -3.23. The van der Waals surface area contributed by atoms with Crippen LogP contribution < -0.4 is 15.8 Å². The molecule has 0 bridgehead atoms. The molecule has 5 heteroatoms. The minimum Gasteiger partial charge on any atom is -0.492 e. The van der Waals surface area contributed by atoms with Gasteiger partial charge in [-0.3, -0.25) is 9.69 Å². The fraction of sp³-hybridized carbons (Fsp3) is 0.414. The van der Waals surface area contributed by atoms with Crippen molar-refractivity contribution in [1.82, 2.24) is 4.90 Å². The Bertz CT molecular complexity index is 881. The predicted molar refractivity (Wildman–Crippen MR) is 148 cm³/mol. The van der Waals surface area contributed by atoms with Gasteiger partial charge in [0.15, 0.2) is 0 Å². The zero-order valence-corrected chi connectivity index (χ0v) is 21.9. The van der Waals surface area contributed by atoms with Gasteiger partial charge in [0.2, 0.25) is 0 Å². The number of hydrogen-bond donors (Lipinski definition) is 2. The van der Waals surface area contributed by atoms with Crippen LogP contribution in [0, 0.1) is 11.8 Å². The second-order valence-electron chi connectivity index (χ2n) is 6.58. The third-order valence-electron chi connectivity index (χ3n) is 4.51. The molecule has 1 saturated heterocycles. The minimum atomic E-state index is -0.180. The summed E-state index contributed by atoms with van der Waals surface area (Å²) in [5.74, 6) is 6.37. The summed E-state index contributed by atoms with van der Waals surface area (Å²) < 4.78 is 5.79. The number of carbonyl (C=O) groups excluding carboxylic acids is 1. The Morgan fingerprint density at radius 2 is 1.71 bits per heavy atom. The number of rotatable bonds is 6. The van der Waals surface area contributed by atoms with E-state index < -0.39 is 0 Å². The first-order chi connectivity index (χ1) is 16.7. The number of likely N-dealkylation sites (tertiary alicyclic amines) is 1. The standard InChI is InChI=1S/C23H25N3O2.3C2H6.H2/c24-13-2-1-6-19-7-5-8-20(18-19)23(27)25-21-9-11-22(12-10-21)28-17-16-26-14-3-4-15-26;3*1-2;/h2,5,7-13,18H,3-4,14-17,24H2,(H,25,27);3*1-2H3;1H/b13-2+;;;;/i;;;;1+2. The fourth-order valence-corrected chi connectivity index (χ4v) is 3.05. The maximum atomic E-state index is 12.5. The van der Waals surface area contributed by atoms with E-state index in [2.05, 4.69) is 22.1 Å². The predicted octanol–water partition coefficient (Wildman–Crippen LogP) is 6.56. The number of nitrogens with one attached hydrogen (secondary N) is 1. The lowest BCUT2D eigenvalue weighted by Gasteiger charge is -2.15. The number of hydrogen-bond acceptors (Lipinski definition) is 4. The molecule has 0 unspecified atom stereocenters. The van der Waals surface area contributed by atoms with Gasteiger partial charge in [0.05, 0.1) is 0 Å². The van der Waals surface area contributed by atoms with Crippen LogP contribution in [0.2, 0.25) is 0 Å². The molecule has 5 nitrogen and oxygen atoms in total. The largest absolute Gasteiger partial charge is 0.492 e. The molecule has 188 valence electrons. The molecule has 0 aliphatic carbocycles. The molecule has 0 aromatic heterocycles. The molecule has 34 heavy (non-hydrogen) atoms. The fourth-order valence-electron chi connectivity index (χ4n) is 3.05. The van der Waals surface area contributed by atoms with Crippen LogP contribution >= 0.6 is 0 Å². The van der Waals surface area contributed by atoms with E-state index in [4.69, 9.17) is 10.5 Å². The van der Waals surface area contributed by atoms with E-state index in [9.17, 15) is 4.79 Å². The summed E-state index contributed by atoms with van der Waals surface area (Å²) in [6.45, 7) is 16.0. The number of amides is 1. The molecule has 0 radical (unpaired) electrons. The molecule has 2 aromatic carbocycles. The Balaban J connectivity index is 0. The summed E-state index contributed by atoms with van der Waals surface area (Å²) in [7, 11) is 0. The number of ether oxygens (including phenoxy) is 1. The van der Waals surface area contributed by atoms with Gasteiger partial charge in [-0.1, -0.05) is 59.4 Å². The van der Waals surface area contributed by atoms with E-state index in [-0.39, 0.29) is 7.33 Å². The van der Waals surface area contributed by atoms with Gasteiger partial charge < -0.3 is 15.8 Å². The zero-order valence-electron chi connectivity index (χ0n) is 21.9. The molecule has 2 aromatic rings. The van der Waals surface area contributed by atoms with Gasteiger partial charge in [0.25, 0.3) is 5.91 Å². The molecular weight excluding hydrogens is 422 g/mol. The van der Waals surface area contributed by atoms with Crippen LogP contribution in [0.15, 0.2) is 60.8 Å². The van der Waals surface area contributed by atoms with Crippen LogP contribution in [-0.2, 0) is 0 Å². The van der Waals surface area contributed by atoms with Gasteiger partial charge in [-0.05, 0) is 68.4 Å². The Labute approximate surface area is 208 Å². The van der Waals surface area contributed by atoms with Crippen molar-refractivity contribution in [2.24, 2.45) is 5.73 Å². The maximum absolute atomic E-state index is 12.5. The SMILES string of the molecule is CC.CC.CC.N/C=C/C#Cc1cccc(C(=O)Nc2ccc(OCCN3CCCC3)cc2)c1.[3HH]. The number of nitrogens with zero attached hydrogens (tertiary/aromatic N) is 1. The van der Waals surface area contributed by atoms with Crippen molar-refractivity contribution in [2.45, 2.75) is 54.4 Å². The lowest BCUT2D eigenvalue weighted by Crippen LogP contribution is -2.25. The summed E-state index contributed by atoms with van der Waals surface area (Å²) in [6.07, 6.45) is 5.51. The van der Waals surface area contributed by atoms with Crippen LogP contribution in [0.1, 0.15) is 71.7 Å². The molecule has 3 rings (SSSR count). The highest BCUT2D eigenvalue weighted by atomic mass is 16.5. The average molecular weight is 470 g/mol. The zero-order chi connectivity index (χ0) is 25.6. The molecule has 1 aliphatic rings. The smallest absolute Gasteiger partial charge is 0.255 e. The molecular formula is C29H45N3O2. The van der Waals surface area contributed by atoms with Crippen LogP contribution in [0.4, 0.5) is 5.69 Å². The first-order valence-electron chi connectivity index (χ1n) is 12.5. The molecule has 1 heterocycles. The highest BCUT2D eigenvalue weighted by Crippen LogP contribution is 2.17. The number of allylic oxidation sites excluding steroid dienone is 1. The van der Waals surface area contributed by atoms with Crippen molar-refractivity contribution in [2.75, 3.05) is 31.6 Å². The lowest BCUT2D eigenvalue weighted by atomic mass is 10.1. The summed E-state index contributed by atoms with van der Waals surface area (Å²) in [5.41, 5.74) is 7.29. The molecule has 0 spiro atoms. The Morgan fingerprint density at radius 3 is 2.32 bits per heavy atom. The second-order valence-corrected chi connectivity index (χ2v) is 6.58. The molecule has 1 amide bonds. The van der Waals surface area contributed by atoms with Gasteiger partial charge in [0, 0.05) is 37.1 Å². The van der Waals surface area contributed by atoms with Crippen molar-refractivity contribution in [3.05, 3.63) is 71.9 Å². The first-order valence-corrected chi connectivity index (χ1v) is 12.5. The van der Waals surface area contributed by atoms with Crippen molar-refractivity contribution in [1.29, 1.82) is 0 Å². The number of nitrogens with two attached hydrogens (primary N) is 1. The Kier molecular flexibility index (Phi) is 18.4. The number of benzene rings is 2. The van der Waals surface area contributed by atoms with E-state index >= 15 is 0 Å². The van der Waals surface area contributed by atoms with Gasteiger partial charge in [-0.25, -0.2) is 0 Å². The highest BCUT2D eigenvalue weighted by molar-refractivity contribution is 6.04. The number of anilines is 1. The van der Waals surface area contributed by atoms with Gasteiger partial charge in [0.1, 0.15) is 12.4 Å². The molecule has 1 fully saturated rings. The topological polar surface area (TPSA) is 67.6 Å². The lowest BCUT2D eigenvalue weighted by molar-refractivity contribution is 0.102. The van der Waals surface area contributed by atoms with Gasteiger partial charge in [-0.15, -0.1) is 0 Å². The maximum Gasteiger partial charge on any atom is 0.255 e. The average Bonchev–Trinajstić information content (AvgIpc) is 3.43. The minimum absolute atomic E-state index is 0. The summed E-state index contributed by atoms with van der Waals surface area (Å²) in [6, 6.07) is 14.6. The van der Waals surface area contributed by atoms with Crippen molar-refractivity contribution >= 4 is 11.6 Å². The van der Waals surface area contributed by atoms with Crippen LogP contribution in [0.3, 0.4) is 0 Å². The van der Waals surface area contributed by atoms with Crippen LogP contribution in [-0.4, -0.2) is 37.0 Å². The van der Waals surface area contributed by atoms with E-state index in [0.29, 0.717) is 12.2 Å². The quantitative estimate of drug-likeness (QED) is 0.470. The van der Waals surface area contributed by atoms with E-state index in [1.54, 1.807) is 18.2 Å². The van der Waals surface area contributed by atoms with E-state index in [0.717, 1.165) is 23.5 Å². The van der Waals surface area contributed by atoms with Gasteiger partial charge in [-0.2, -0.15) is 0 Å².